The van der Waals surface area contributed by atoms with Crippen molar-refractivity contribution in [2.24, 2.45) is 0 Å². The summed E-state index contributed by atoms with van der Waals surface area (Å²) in [5.41, 5.74) is 7.80. The molecule has 1 saturated heterocycles. The van der Waals surface area contributed by atoms with Gasteiger partial charge in [0, 0.05) is 12.1 Å². The van der Waals surface area contributed by atoms with E-state index in [0.717, 1.165) is 30.8 Å². The van der Waals surface area contributed by atoms with Gasteiger partial charge >= 0.3 is 0 Å². The summed E-state index contributed by atoms with van der Waals surface area (Å²) in [6.07, 6.45) is 3.45. The van der Waals surface area contributed by atoms with Crippen molar-refractivity contribution in [1.82, 2.24) is 0 Å². The fourth-order valence-electron chi connectivity index (χ4n) is 4.75. The first-order valence-corrected chi connectivity index (χ1v) is 9.48. The van der Waals surface area contributed by atoms with Crippen molar-refractivity contribution in [3.63, 3.8) is 0 Å². The number of benzene rings is 2. The van der Waals surface area contributed by atoms with Crippen molar-refractivity contribution in [2.75, 3.05) is 12.4 Å². The summed E-state index contributed by atoms with van der Waals surface area (Å²) in [7, 11) is 1.76. The summed E-state index contributed by atoms with van der Waals surface area (Å²) >= 11 is 0. The molecule has 2 aliphatic carbocycles. The Bertz CT molecular complexity index is 860. The van der Waals surface area contributed by atoms with E-state index in [1.807, 2.05) is 19.9 Å². The smallest absolute Gasteiger partial charge is 0.164 e. The van der Waals surface area contributed by atoms with Gasteiger partial charge in [0.1, 0.15) is 18.0 Å². The Morgan fingerprint density at radius 3 is 2.46 bits per heavy atom. The molecule has 2 unspecified atom stereocenters. The zero-order chi connectivity index (χ0) is 17.9. The number of fused-ring (bicyclic) bond motifs is 6. The zero-order valence-electron chi connectivity index (χ0n) is 15.6. The van der Waals surface area contributed by atoms with E-state index in [0.29, 0.717) is 0 Å². The van der Waals surface area contributed by atoms with Crippen LogP contribution in [0.3, 0.4) is 0 Å². The van der Waals surface area contributed by atoms with Gasteiger partial charge in [0.15, 0.2) is 5.79 Å². The van der Waals surface area contributed by atoms with Gasteiger partial charge in [-0.1, -0.05) is 30.3 Å². The monoisotopic (exact) mass is 351 g/mol. The van der Waals surface area contributed by atoms with Gasteiger partial charge in [-0.3, -0.25) is 0 Å². The molecule has 4 nitrogen and oxygen atoms in total. The molecular formula is C22H25NO3. The van der Waals surface area contributed by atoms with Crippen molar-refractivity contribution in [3.8, 4) is 5.75 Å². The van der Waals surface area contributed by atoms with E-state index in [2.05, 4.69) is 29.6 Å². The van der Waals surface area contributed by atoms with Crippen molar-refractivity contribution in [2.45, 2.75) is 57.6 Å². The normalized spacial score (nSPS) is 24.4. The minimum Gasteiger partial charge on any atom is -0.494 e. The lowest BCUT2D eigenvalue weighted by Crippen LogP contribution is -2.26. The minimum absolute atomic E-state index is 0.0156. The molecular weight excluding hydrogens is 326 g/mol. The first-order valence-electron chi connectivity index (χ1n) is 9.48. The third kappa shape index (κ3) is 2.29. The summed E-state index contributed by atoms with van der Waals surface area (Å²) in [5.74, 6) is 0.404. The van der Waals surface area contributed by atoms with Crippen LogP contribution in [0.4, 0.5) is 5.69 Å². The van der Waals surface area contributed by atoms with Crippen LogP contribution in [0.2, 0.25) is 0 Å². The number of hydrogen-bond donors (Lipinski definition) is 1. The van der Waals surface area contributed by atoms with Crippen molar-refractivity contribution < 1.29 is 14.2 Å². The van der Waals surface area contributed by atoms with E-state index in [1.165, 1.54) is 34.2 Å². The molecule has 2 aromatic carbocycles. The highest BCUT2D eigenvalue weighted by Crippen LogP contribution is 2.63. The van der Waals surface area contributed by atoms with Gasteiger partial charge in [-0.05, 0) is 55.4 Å². The van der Waals surface area contributed by atoms with Gasteiger partial charge in [-0.2, -0.15) is 0 Å². The van der Waals surface area contributed by atoms with Crippen molar-refractivity contribution in [1.29, 1.82) is 0 Å². The molecule has 0 bridgehead atoms. The summed E-state index contributed by atoms with van der Waals surface area (Å²) in [6.45, 7) is 4.78. The molecule has 0 aromatic heterocycles. The number of rotatable bonds is 4. The minimum atomic E-state index is -0.539. The summed E-state index contributed by atoms with van der Waals surface area (Å²) < 4.78 is 18.2. The highest BCUT2D eigenvalue weighted by atomic mass is 16.8. The van der Waals surface area contributed by atoms with Gasteiger partial charge < -0.3 is 19.5 Å². The molecule has 26 heavy (non-hydrogen) atoms. The first-order chi connectivity index (χ1) is 12.6. The average Bonchev–Trinajstić information content (AvgIpc) is 3.20. The molecule has 1 fully saturated rings. The van der Waals surface area contributed by atoms with Crippen LogP contribution in [0.1, 0.15) is 60.3 Å². The molecule has 1 heterocycles. The topological polar surface area (TPSA) is 39.7 Å². The van der Waals surface area contributed by atoms with E-state index in [4.69, 9.17) is 14.2 Å². The number of methoxy groups -OCH3 is 1. The second kappa shape index (κ2) is 5.73. The number of anilines is 1. The molecule has 5 rings (SSSR count). The number of nitrogens with one attached hydrogen (secondary N) is 1. The predicted molar refractivity (Wildman–Crippen MR) is 101 cm³/mol. The fraction of sp³-hybridized carbons (Fsp3) is 0.455. The van der Waals surface area contributed by atoms with Crippen LogP contribution in [-0.4, -0.2) is 12.9 Å². The largest absolute Gasteiger partial charge is 0.494 e. The quantitative estimate of drug-likeness (QED) is 0.868. The summed E-state index contributed by atoms with van der Waals surface area (Å²) in [5, 5.41) is 3.66. The molecule has 2 atom stereocenters. The van der Waals surface area contributed by atoms with E-state index in [1.54, 1.807) is 7.11 Å². The van der Waals surface area contributed by atoms with Crippen LogP contribution in [0.25, 0.3) is 0 Å². The standard InChI is InChI=1S/C22H25NO3/c1-22(2)25-20-16-14-10-7-11-15(14)18(19(24-3)17(16)21(20)26-22)23-12-13-8-5-4-6-9-13/h4-6,8-9,20-21,23H,7,10-12H2,1-3H3. The fourth-order valence-corrected chi connectivity index (χ4v) is 4.75. The van der Waals surface area contributed by atoms with Gasteiger partial charge in [-0.15, -0.1) is 0 Å². The molecule has 3 aliphatic rings. The van der Waals surface area contributed by atoms with E-state index in [-0.39, 0.29) is 12.2 Å². The third-order valence-electron chi connectivity index (χ3n) is 5.79. The highest BCUT2D eigenvalue weighted by Gasteiger charge is 2.55. The second-order valence-electron chi connectivity index (χ2n) is 7.86. The number of ether oxygens (including phenoxy) is 3. The molecule has 0 saturated carbocycles. The highest BCUT2D eigenvalue weighted by molar-refractivity contribution is 5.75. The average molecular weight is 351 g/mol. The molecule has 4 heteroatoms. The molecule has 2 aromatic rings. The number of hydrogen-bond acceptors (Lipinski definition) is 4. The van der Waals surface area contributed by atoms with Gasteiger partial charge in [-0.25, -0.2) is 0 Å². The maximum absolute atomic E-state index is 6.17. The Labute approximate surface area is 154 Å². The maximum Gasteiger partial charge on any atom is 0.164 e. The summed E-state index contributed by atoms with van der Waals surface area (Å²) in [6, 6.07) is 10.5. The Morgan fingerprint density at radius 2 is 1.73 bits per heavy atom. The molecule has 0 spiro atoms. The maximum atomic E-state index is 6.17. The lowest BCUT2D eigenvalue weighted by molar-refractivity contribution is -0.143. The van der Waals surface area contributed by atoms with Crippen LogP contribution in [0, 0.1) is 0 Å². The van der Waals surface area contributed by atoms with Crippen LogP contribution in [-0.2, 0) is 28.9 Å². The van der Waals surface area contributed by atoms with Gasteiger partial charge in [0.05, 0.1) is 12.8 Å². The Morgan fingerprint density at radius 1 is 1.04 bits per heavy atom. The lowest BCUT2D eigenvalue weighted by atomic mass is 9.76. The predicted octanol–water partition coefficient (Wildman–Crippen LogP) is 4.67. The van der Waals surface area contributed by atoms with Gasteiger partial charge in [0.25, 0.3) is 0 Å². The molecule has 136 valence electrons. The van der Waals surface area contributed by atoms with Crippen molar-refractivity contribution in [3.05, 3.63) is 58.1 Å². The third-order valence-corrected chi connectivity index (χ3v) is 5.79. The Kier molecular flexibility index (Phi) is 3.56. The van der Waals surface area contributed by atoms with Crippen LogP contribution >= 0.6 is 0 Å². The van der Waals surface area contributed by atoms with Crippen LogP contribution in [0.5, 0.6) is 5.75 Å². The molecule has 0 amide bonds. The van der Waals surface area contributed by atoms with Gasteiger partial charge in [0.2, 0.25) is 0 Å². The van der Waals surface area contributed by atoms with E-state index in [9.17, 15) is 0 Å². The van der Waals surface area contributed by atoms with Crippen molar-refractivity contribution >= 4 is 5.69 Å². The lowest BCUT2D eigenvalue weighted by Gasteiger charge is -2.36. The molecule has 1 aliphatic heterocycles. The van der Waals surface area contributed by atoms with Crippen LogP contribution in [0.15, 0.2) is 30.3 Å². The zero-order valence-corrected chi connectivity index (χ0v) is 15.6. The summed E-state index contributed by atoms with van der Waals surface area (Å²) in [4.78, 5) is 0. The Hall–Kier alpha value is -2.04. The first kappa shape index (κ1) is 16.2. The van der Waals surface area contributed by atoms with E-state index < -0.39 is 5.79 Å². The molecule has 0 radical (unpaired) electrons. The second-order valence-corrected chi connectivity index (χ2v) is 7.86. The Balaban J connectivity index is 1.57. The molecule has 1 N–H and O–H groups in total. The van der Waals surface area contributed by atoms with Crippen LogP contribution < -0.4 is 10.1 Å². The van der Waals surface area contributed by atoms with E-state index >= 15 is 0 Å². The SMILES string of the molecule is COc1c(NCc2ccccc2)c2c(c3c1C1OC(C)(C)OC31)CCC2.